The third-order valence-corrected chi connectivity index (χ3v) is 6.54. The van der Waals surface area contributed by atoms with Gasteiger partial charge < -0.3 is 9.84 Å². The molecule has 188 valence electrons. The van der Waals surface area contributed by atoms with Crippen molar-refractivity contribution in [2.45, 2.75) is 37.6 Å². The van der Waals surface area contributed by atoms with Gasteiger partial charge in [0.25, 0.3) is 11.6 Å². The van der Waals surface area contributed by atoms with Gasteiger partial charge in [0.1, 0.15) is 5.75 Å². The fraction of sp³-hybridized carbons (Fsp3) is 0.259. The largest absolute Gasteiger partial charge is 0.484 e. The van der Waals surface area contributed by atoms with Crippen LogP contribution in [0.3, 0.4) is 0 Å². The molecule has 1 aliphatic rings. The van der Waals surface area contributed by atoms with E-state index in [9.17, 15) is 23.1 Å². The van der Waals surface area contributed by atoms with Crippen molar-refractivity contribution in [3.63, 3.8) is 0 Å². The lowest BCUT2D eigenvalue weighted by Gasteiger charge is -2.32. The highest BCUT2D eigenvalue weighted by Crippen LogP contribution is 2.41. The maximum Gasteiger partial charge on any atom is 0.438 e. The standard InChI is InChI=1S/C27H24ClF3N2O3/c1-25(2,19-6-4-3-5-7-19)20-10-14-22(15-11-20)36-17-24(34)33-26(35,27(29,30)31)16-23(32-33)18-8-12-21(28)13-9-18/h3-15,35H,16-17H2,1-2H3/t26-/m0/s1. The van der Waals surface area contributed by atoms with Gasteiger partial charge in [-0.1, -0.05) is 80.0 Å². The summed E-state index contributed by atoms with van der Waals surface area (Å²) < 4.78 is 46.8. The van der Waals surface area contributed by atoms with E-state index in [1.54, 1.807) is 12.1 Å². The number of benzene rings is 3. The van der Waals surface area contributed by atoms with Crippen LogP contribution in [0.4, 0.5) is 13.2 Å². The van der Waals surface area contributed by atoms with Crippen LogP contribution in [0.2, 0.25) is 5.02 Å². The molecular formula is C27H24ClF3N2O3. The van der Waals surface area contributed by atoms with Gasteiger partial charge in [-0.05, 0) is 41.0 Å². The van der Waals surface area contributed by atoms with Gasteiger partial charge in [-0.15, -0.1) is 0 Å². The number of rotatable bonds is 6. The molecule has 0 radical (unpaired) electrons. The van der Waals surface area contributed by atoms with Crippen molar-refractivity contribution < 1.29 is 27.8 Å². The Morgan fingerprint density at radius 2 is 1.58 bits per heavy atom. The number of hydrogen-bond acceptors (Lipinski definition) is 4. The molecule has 0 bridgehead atoms. The second-order valence-electron chi connectivity index (χ2n) is 9.05. The van der Waals surface area contributed by atoms with Crippen molar-refractivity contribution in [1.29, 1.82) is 0 Å². The Hall–Kier alpha value is -3.36. The molecule has 0 spiro atoms. The zero-order valence-electron chi connectivity index (χ0n) is 19.6. The average molecular weight is 517 g/mol. The smallest absolute Gasteiger partial charge is 0.438 e. The maximum atomic E-state index is 13.8. The first-order valence-electron chi connectivity index (χ1n) is 11.2. The summed E-state index contributed by atoms with van der Waals surface area (Å²) in [4.78, 5) is 12.7. The van der Waals surface area contributed by atoms with Crippen LogP contribution in [0.1, 0.15) is 37.0 Å². The highest BCUT2D eigenvalue weighted by atomic mass is 35.5. The lowest BCUT2D eigenvalue weighted by Crippen LogP contribution is -2.57. The number of hydrogen-bond donors (Lipinski definition) is 1. The van der Waals surface area contributed by atoms with E-state index >= 15 is 0 Å². The SMILES string of the molecule is CC(C)(c1ccccc1)c1ccc(OCC(=O)N2N=C(c3ccc(Cl)cc3)C[C@]2(O)C(F)(F)F)cc1. The molecule has 0 aromatic heterocycles. The predicted molar refractivity (Wildman–Crippen MR) is 131 cm³/mol. The quantitative estimate of drug-likeness (QED) is 0.441. The van der Waals surface area contributed by atoms with Crippen molar-refractivity contribution in [1.82, 2.24) is 5.01 Å². The normalized spacial score (nSPS) is 18.2. The first-order chi connectivity index (χ1) is 16.9. The van der Waals surface area contributed by atoms with E-state index in [1.165, 1.54) is 24.3 Å². The Labute approximate surface area is 211 Å². The summed E-state index contributed by atoms with van der Waals surface area (Å²) in [7, 11) is 0. The van der Waals surface area contributed by atoms with E-state index < -0.39 is 30.8 Å². The van der Waals surface area contributed by atoms with E-state index in [1.807, 2.05) is 42.5 Å². The molecule has 1 aliphatic heterocycles. The van der Waals surface area contributed by atoms with Crippen LogP contribution in [0.25, 0.3) is 0 Å². The summed E-state index contributed by atoms with van der Waals surface area (Å²) >= 11 is 5.84. The van der Waals surface area contributed by atoms with Crippen molar-refractivity contribution >= 4 is 23.2 Å². The molecule has 1 N–H and O–H groups in total. The molecule has 4 rings (SSSR count). The number of ether oxygens (including phenoxy) is 1. The van der Waals surface area contributed by atoms with Gasteiger partial charge in [-0.2, -0.15) is 23.3 Å². The molecule has 0 saturated carbocycles. The zero-order chi connectivity index (χ0) is 26.1. The summed E-state index contributed by atoms with van der Waals surface area (Å²) in [5, 5.41) is 14.7. The summed E-state index contributed by atoms with van der Waals surface area (Å²) in [5.41, 5.74) is -1.44. The van der Waals surface area contributed by atoms with Gasteiger partial charge in [0, 0.05) is 10.4 Å². The first-order valence-corrected chi connectivity index (χ1v) is 11.5. The second kappa shape index (κ2) is 9.59. The summed E-state index contributed by atoms with van der Waals surface area (Å²) in [6, 6.07) is 22.8. The van der Waals surface area contributed by atoms with Crippen molar-refractivity contribution in [3.8, 4) is 5.75 Å². The Morgan fingerprint density at radius 3 is 2.17 bits per heavy atom. The molecule has 0 unspecified atom stereocenters. The van der Waals surface area contributed by atoms with E-state index in [-0.39, 0.29) is 16.1 Å². The maximum absolute atomic E-state index is 13.8. The number of carbonyl (C=O) groups is 1. The molecular weight excluding hydrogens is 493 g/mol. The molecule has 5 nitrogen and oxygen atoms in total. The lowest BCUT2D eigenvalue weighted by atomic mass is 9.78. The van der Waals surface area contributed by atoms with Gasteiger partial charge >= 0.3 is 6.18 Å². The average Bonchev–Trinajstić information content (AvgIpc) is 3.23. The van der Waals surface area contributed by atoms with Crippen molar-refractivity contribution in [3.05, 3.63) is 101 Å². The van der Waals surface area contributed by atoms with Gasteiger partial charge in [0.15, 0.2) is 6.61 Å². The predicted octanol–water partition coefficient (Wildman–Crippen LogP) is 5.93. The van der Waals surface area contributed by atoms with Crippen LogP contribution in [0.15, 0.2) is 84.0 Å². The number of carbonyl (C=O) groups excluding carboxylic acids is 1. The molecule has 0 fully saturated rings. The van der Waals surface area contributed by atoms with E-state index in [4.69, 9.17) is 16.3 Å². The molecule has 1 amide bonds. The lowest BCUT2D eigenvalue weighted by molar-refractivity contribution is -0.302. The van der Waals surface area contributed by atoms with Gasteiger partial charge in [-0.25, -0.2) is 0 Å². The minimum absolute atomic E-state index is 0.0593. The number of nitrogens with zero attached hydrogens (tertiary/aromatic N) is 2. The minimum atomic E-state index is -5.13. The summed E-state index contributed by atoms with van der Waals surface area (Å²) in [6.45, 7) is 3.41. The third-order valence-electron chi connectivity index (χ3n) is 6.29. The molecule has 9 heteroatoms. The third kappa shape index (κ3) is 4.96. The number of aliphatic hydroxyl groups is 1. The van der Waals surface area contributed by atoms with Crippen LogP contribution in [-0.2, 0) is 10.2 Å². The summed E-state index contributed by atoms with van der Waals surface area (Å²) in [6.07, 6.45) is -6.04. The van der Waals surface area contributed by atoms with Crippen LogP contribution in [-0.4, -0.2) is 40.2 Å². The Kier molecular flexibility index (Phi) is 6.86. The molecule has 3 aromatic rings. The highest BCUT2D eigenvalue weighted by Gasteiger charge is 2.63. The van der Waals surface area contributed by atoms with Crippen LogP contribution in [0, 0.1) is 0 Å². The number of alkyl halides is 3. The monoisotopic (exact) mass is 516 g/mol. The zero-order valence-corrected chi connectivity index (χ0v) is 20.3. The van der Waals surface area contributed by atoms with Crippen molar-refractivity contribution in [2.75, 3.05) is 6.61 Å². The Bertz CT molecular complexity index is 1260. The highest BCUT2D eigenvalue weighted by molar-refractivity contribution is 6.30. The fourth-order valence-corrected chi connectivity index (χ4v) is 4.15. The number of halogens is 4. The Balaban J connectivity index is 1.50. The number of hydrazone groups is 1. The molecule has 0 saturated heterocycles. The van der Waals surface area contributed by atoms with E-state index in [0.717, 1.165) is 11.1 Å². The Morgan fingerprint density at radius 1 is 1.00 bits per heavy atom. The van der Waals surface area contributed by atoms with Crippen LogP contribution in [0.5, 0.6) is 5.75 Å². The molecule has 36 heavy (non-hydrogen) atoms. The van der Waals surface area contributed by atoms with Crippen molar-refractivity contribution in [2.24, 2.45) is 5.10 Å². The number of amides is 1. The van der Waals surface area contributed by atoms with Crippen LogP contribution >= 0.6 is 11.6 Å². The molecule has 1 atom stereocenters. The van der Waals surface area contributed by atoms with Crippen LogP contribution < -0.4 is 4.74 Å². The minimum Gasteiger partial charge on any atom is -0.484 e. The molecule has 3 aromatic carbocycles. The molecule has 0 aliphatic carbocycles. The second-order valence-corrected chi connectivity index (χ2v) is 9.49. The molecule has 1 heterocycles. The fourth-order valence-electron chi connectivity index (χ4n) is 4.03. The van der Waals surface area contributed by atoms with E-state index in [0.29, 0.717) is 16.3 Å². The van der Waals surface area contributed by atoms with Gasteiger partial charge in [0.2, 0.25) is 0 Å². The topological polar surface area (TPSA) is 62.1 Å². The van der Waals surface area contributed by atoms with Gasteiger partial charge in [-0.3, -0.25) is 4.79 Å². The van der Waals surface area contributed by atoms with Gasteiger partial charge in [0.05, 0.1) is 12.1 Å². The summed E-state index contributed by atoms with van der Waals surface area (Å²) in [5.74, 6) is -0.833. The van der Waals surface area contributed by atoms with E-state index in [2.05, 4.69) is 18.9 Å². The first kappa shape index (κ1) is 25.7.